The zero-order valence-electron chi connectivity index (χ0n) is 18.2. The number of ether oxygens (including phenoxy) is 2. The van der Waals surface area contributed by atoms with Gasteiger partial charge < -0.3 is 14.6 Å². The molecule has 2 N–H and O–H groups in total. The van der Waals surface area contributed by atoms with Crippen LogP contribution in [0.3, 0.4) is 0 Å². The maximum absolute atomic E-state index is 11.2. The molecule has 1 atom stereocenters. The van der Waals surface area contributed by atoms with Gasteiger partial charge >= 0.3 is 0 Å². The van der Waals surface area contributed by atoms with Gasteiger partial charge in [-0.15, -0.1) is 22.7 Å². The first-order valence-corrected chi connectivity index (χ1v) is 12.0. The molecule has 0 radical (unpaired) electrons. The van der Waals surface area contributed by atoms with Crippen LogP contribution in [0.2, 0.25) is 0 Å². The zero-order valence-corrected chi connectivity index (χ0v) is 19.9. The van der Waals surface area contributed by atoms with Gasteiger partial charge in [-0.3, -0.25) is 5.43 Å². The molecule has 3 heterocycles. The van der Waals surface area contributed by atoms with Gasteiger partial charge in [0.15, 0.2) is 6.23 Å². The second kappa shape index (κ2) is 9.59. The molecule has 34 heavy (non-hydrogen) atoms. The molecular weight excluding hydrogens is 472 g/mol. The Hall–Kier alpha value is -3.80. The first-order chi connectivity index (χ1) is 16.7. The monoisotopic (exact) mass is 492 g/mol. The van der Waals surface area contributed by atoms with E-state index >= 15 is 0 Å². The predicted molar refractivity (Wildman–Crippen MR) is 135 cm³/mol. The number of hydrogen-bond donors (Lipinski definition) is 2. The van der Waals surface area contributed by atoms with E-state index in [4.69, 9.17) is 14.5 Å². The van der Waals surface area contributed by atoms with Gasteiger partial charge in [-0.2, -0.15) is 10.2 Å². The molecule has 0 bridgehead atoms. The second-order valence-electron chi connectivity index (χ2n) is 7.10. The number of thiazole rings is 2. The fourth-order valence-corrected chi connectivity index (χ4v) is 4.63. The van der Waals surface area contributed by atoms with E-state index in [1.807, 2.05) is 53.2 Å². The van der Waals surface area contributed by atoms with Crippen LogP contribution in [0.4, 0.5) is 10.3 Å². The maximum Gasteiger partial charge on any atom is 0.209 e. The number of methoxy groups -OCH3 is 2. The van der Waals surface area contributed by atoms with Crippen molar-refractivity contribution in [2.75, 3.05) is 24.7 Å². The van der Waals surface area contributed by atoms with Crippen LogP contribution >= 0.6 is 22.7 Å². The maximum atomic E-state index is 11.2. The Bertz CT molecular complexity index is 1320. The fourth-order valence-electron chi connectivity index (χ4n) is 3.36. The summed E-state index contributed by atoms with van der Waals surface area (Å²) < 4.78 is 10.7. The van der Waals surface area contributed by atoms with Gasteiger partial charge in [0.05, 0.1) is 19.9 Å². The third-order valence-electron chi connectivity index (χ3n) is 5.01. The zero-order chi connectivity index (χ0) is 23.5. The van der Waals surface area contributed by atoms with Crippen molar-refractivity contribution in [3.8, 4) is 22.8 Å². The number of nitrogens with zero attached hydrogens (tertiary/aromatic N) is 5. The smallest absolute Gasteiger partial charge is 0.209 e. The Labute approximate surface area is 203 Å². The molecule has 1 unspecified atom stereocenters. The van der Waals surface area contributed by atoms with Crippen molar-refractivity contribution >= 4 is 44.4 Å². The number of aromatic nitrogens is 2. The minimum Gasteiger partial charge on any atom is -0.497 e. The standard InChI is InChI=1S/C23H20N6O3S2/c1-31-16-10-15(11-17(12-16)32-2)18-13-34-23(25-18)29-21(30)20(26-27-22-24-8-9-33-22)19(28-29)14-6-4-3-5-7-14/h3-13,21,30H,1-2H3,(H,24,27)/b26-20-. The Kier molecular flexibility index (Phi) is 6.21. The van der Waals surface area contributed by atoms with E-state index < -0.39 is 6.23 Å². The van der Waals surface area contributed by atoms with Gasteiger partial charge in [-0.05, 0) is 12.1 Å². The second-order valence-corrected chi connectivity index (χ2v) is 8.83. The van der Waals surface area contributed by atoms with Crippen LogP contribution in [0.5, 0.6) is 11.5 Å². The molecule has 4 aromatic rings. The molecular formula is C23H20N6O3S2. The summed E-state index contributed by atoms with van der Waals surface area (Å²) in [5, 5.41) is 26.6. The lowest BCUT2D eigenvalue weighted by Gasteiger charge is -2.15. The van der Waals surface area contributed by atoms with Gasteiger partial charge in [0.2, 0.25) is 10.3 Å². The molecule has 9 nitrogen and oxygen atoms in total. The highest BCUT2D eigenvalue weighted by Gasteiger charge is 2.35. The lowest BCUT2D eigenvalue weighted by Crippen LogP contribution is -2.34. The number of benzene rings is 2. The Balaban J connectivity index is 1.50. The van der Waals surface area contributed by atoms with Crippen LogP contribution in [-0.4, -0.2) is 46.9 Å². The van der Waals surface area contributed by atoms with Crippen LogP contribution < -0.4 is 19.9 Å². The highest BCUT2D eigenvalue weighted by Crippen LogP contribution is 2.34. The summed E-state index contributed by atoms with van der Waals surface area (Å²) in [5.74, 6) is 1.33. The van der Waals surface area contributed by atoms with Crippen molar-refractivity contribution in [3.63, 3.8) is 0 Å². The van der Waals surface area contributed by atoms with Crippen molar-refractivity contribution in [2.45, 2.75) is 6.23 Å². The molecule has 0 fully saturated rings. The van der Waals surface area contributed by atoms with E-state index in [2.05, 4.69) is 20.6 Å². The van der Waals surface area contributed by atoms with E-state index in [1.54, 1.807) is 26.5 Å². The van der Waals surface area contributed by atoms with Crippen LogP contribution in [0.1, 0.15) is 5.56 Å². The highest BCUT2D eigenvalue weighted by atomic mass is 32.1. The third-order valence-corrected chi connectivity index (χ3v) is 6.52. The van der Waals surface area contributed by atoms with Crippen molar-refractivity contribution in [2.24, 2.45) is 10.2 Å². The fraction of sp³-hybridized carbons (Fsp3) is 0.130. The van der Waals surface area contributed by atoms with Crippen molar-refractivity contribution in [3.05, 3.63) is 71.1 Å². The molecule has 0 spiro atoms. The average molecular weight is 493 g/mol. The minimum absolute atomic E-state index is 0.376. The molecule has 2 aromatic heterocycles. The summed E-state index contributed by atoms with van der Waals surface area (Å²) in [7, 11) is 3.21. The van der Waals surface area contributed by atoms with E-state index in [0.717, 1.165) is 11.1 Å². The molecule has 11 heteroatoms. The topological polar surface area (TPSA) is 104 Å². The Morgan fingerprint density at radius 1 is 1.03 bits per heavy atom. The number of aliphatic hydroxyl groups excluding tert-OH is 1. The number of aliphatic hydroxyl groups is 1. The Morgan fingerprint density at radius 3 is 2.47 bits per heavy atom. The van der Waals surface area contributed by atoms with Crippen molar-refractivity contribution < 1.29 is 14.6 Å². The predicted octanol–water partition coefficient (Wildman–Crippen LogP) is 4.29. The third kappa shape index (κ3) is 4.36. The SMILES string of the molecule is COc1cc(OC)cc(-c2csc(N3N=C(c4ccccc4)/C(=N/Nc4nccs4)C3O)n2)c1. The summed E-state index contributed by atoms with van der Waals surface area (Å²) in [6.45, 7) is 0. The van der Waals surface area contributed by atoms with Gasteiger partial charge in [0, 0.05) is 34.2 Å². The molecule has 0 saturated carbocycles. The lowest BCUT2D eigenvalue weighted by molar-refractivity contribution is 0.242. The molecule has 0 saturated heterocycles. The number of rotatable bonds is 7. The summed E-state index contributed by atoms with van der Waals surface area (Å²) in [6.07, 6.45) is 0.558. The summed E-state index contributed by atoms with van der Waals surface area (Å²) >= 11 is 2.78. The van der Waals surface area contributed by atoms with Gasteiger partial charge in [0.1, 0.15) is 22.9 Å². The Morgan fingerprint density at radius 2 is 1.79 bits per heavy atom. The van der Waals surface area contributed by atoms with Gasteiger partial charge in [0.25, 0.3) is 0 Å². The van der Waals surface area contributed by atoms with Crippen LogP contribution in [0.15, 0.2) is 75.7 Å². The summed E-state index contributed by atoms with van der Waals surface area (Å²) in [4.78, 5) is 8.89. The molecule has 1 aliphatic rings. The highest BCUT2D eigenvalue weighted by molar-refractivity contribution is 7.14. The van der Waals surface area contributed by atoms with E-state index in [9.17, 15) is 5.11 Å². The molecule has 2 aromatic carbocycles. The summed E-state index contributed by atoms with van der Waals surface area (Å²) in [6, 6.07) is 15.2. The largest absolute Gasteiger partial charge is 0.497 e. The number of anilines is 2. The van der Waals surface area contributed by atoms with Crippen molar-refractivity contribution in [1.29, 1.82) is 0 Å². The molecule has 172 valence electrons. The molecule has 1 aliphatic heterocycles. The van der Waals surface area contributed by atoms with Crippen molar-refractivity contribution in [1.82, 2.24) is 9.97 Å². The van der Waals surface area contributed by atoms with Gasteiger partial charge in [-0.25, -0.2) is 15.0 Å². The molecule has 5 rings (SSSR count). The van der Waals surface area contributed by atoms with Crippen LogP contribution in [-0.2, 0) is 0 Å². The van der Waals surface area contributed by atoms with E-state index in [-0.39, 0.29) is 0 Å². The number of hydrogen-bond acceptors (Lipinski definition) is 11. The van der Waals surface area contributed by atoms with Crippen LogP contribution in [0.25, 0.3) is 11.3 Å². The van der Waals surface area contributed by atoms with Crippen LogP contribution in [0, 0.1) is 0 Å². The first kappa shape index (κ1) is 22.0. The van der Waals surface area contributed by atoms with Gasteiger partial charge in [-0.1, -0.05) is 30.3 Å². The molecule has 0 amide bonds. The number of hydrazone groups is 2. The molecule has 0 aliphatic carbocycles. The average Bonchev–Trinajstić information content (AvgIpc) is 3.63. The van der Waals surface area contributed by atoms with E-state index in [0.29, 0.717) is 38.9 Å². The first-order valence-electron chi connectivity index (χ1n) is 10.2. The minimum atomic E-state index is -1.12. The lowest BCUT2D eigenvalue weighted by atomic mass is 10.1. The van der Waals surface area contributed by atoms with E-state index in [1.165, 1.54) is 27.7 Å². The number of nitrogens with one attached hydrogen (secondary N) is 1. The summed E-state index contributed by atoms with van der Waals surface area (Å²) in [5.41, 5.74) is 6.22. The quantitative estimate of drug-likeness (QED) is 0.371. The normalized spacial score (nSPS) is 16.6.